The first kappa shape index (κ1) is 9.18. The molecule has 0 aliphatic carbocycles. The van der Waals surface area contributed by atoms with Crippen molar-refractivity contribution in [2.45, 2.75) is 31.5 Å². The van der Waals surface area contributed by atoms with Crippen LogP contribution in [-0.2, 0) is 4.79 Å². The van der Waals surface area contributed by atoms with Gasteiger partial charge >= 0.3 is 5.97 Å². The molecule has 0 aromatic carbocycles. The second-order valence-corrected chi connectivity index (χ2v) is 3.62. The highest BCUT2D eigenvalue weighted by Gasteiger charge is 2.38. The van der Waals surface area contributed by atoms with E-state index in [0.717, 1.165) is 0 Å². The van der Waals surface area contributed by atoms with Gasteiger partial charge in [-0.05, 0) is 13.3 Å². The van der Waals surface area contributed by atoms with E-state index in [-0.39, 0.29) is 6.04 Å². The van der Waals surface area contributed by atoms with Gasteiger partial charge in [0, 0.05) is 18.4 Å². The number of hydrogen-bond acceptors (Lipinski definition) is 2. The number of halogens is 1. The molecule has 0 radical (unpaired) electrons. The van der Waals surface area contributed by atoms with Crippen LogP contribution >= 0.6 is 0 Å². The molecule has 5 heteroatoms. The van der Waals surface area contributed by atoms with Crippen molar-refractivity contribution >= 4 is 5.97 Å². The predicted octanol–water partition coefficient (Wildman–Crippen LogP) is 1.35. The highest BCUT2D eigenvalue weighted by atomic mass is 19.1. The van der Waals surface area contributed by atoms with Crippen LogP contribution in [0.3, 0.4) is 0 Å². The van der Waals surface area contributed by atoms with Crippen molar-refractivity contribution in [3.63, 3.8) is 0 Å². The summed E-state index contributed by atoms with van der Waals surface area (Å²) in [6, 6.07) is 0.134. The maximum atomic E-state index is 13.3. The van der Waals surface area contributed by atoms with Crippen LogP contribution in [0, 0.1) is 0 Å². The lowest BCUT2D eigenvalue weighted by atomic mass is 9.99. The van der Waals surface area contributed by atoms with Crippen molar-refractivity contribution in [3.8, 4) is 0 Å². The molecule has 0 saturated heterocycles. The molecule has 14 heavy (non-hydrogen) atoms. The number of aliphatic carboxylic acids is 1. The zero-order valence-corrected chi connectivity index (χ0v) is 7.72. The van der Waals surface area contributed by atoms with Crippen molar-refractivity contribution in [3.05, 3.63) is 18.2 Å². The minimum Gasteiger partial charge on any atom is -0.479 e. The summed E-state index contributed by atoms with van der Waals surface area (Å²) in [5.41, 5.74) is 0. The van der Waals surface area contributed by atoms with Crippen molar-refractivity contribution in [1.82, 2.24) is 9.55 Å². The smallest absolute Gasteiger partial charge is 0.339 e. The van der Waals surface area contributed by atoms with Crippen LogP contribution in [0.5, 0.6) is 0 Å². The van der Waals surface area contributed by atoms with Gasteiger partial charge in [-0.2, -0.15) is 0 Å². The third kappa shape index (κ3) is 1.20. The molecule has 1 aliphatic rings. The number of carboxylic acids is 1. The van der Waals surface area contributed by atoms with E-state index in [1.807, 2.05) is 11.5 Å². The molecule has 0 amide bonds. The Balaban J connectivity index is 2.30. The average Bonchev–Trinajstić information content (AvgIpc) is 2.68. The number of carboxylic acid groups (broad SMARTS) is 1. The molecule has 2 rings (SSSR count). The Morgan fingerprint density at radius 3 is 3.21 bits per heavy atom. The number of rotatable bonds is 2. The minimum absolute atomic E-state index is 0.134. The Kier molecular flexibility index (Phi) is 2.02. The molecule has 1 aromatic heterocycles. The molecular weight excluding hydrogens is 187 g/mol. The standard InChI is InChI=1S/C9H11FN2O2/c1-5-4-6(7(10)9(13)14)8-11-2-3-12(5)8/h2-3,5-7H,4H2,1H3,(H,13,14). The zero-order valence-electron chi connectivity index (χ0n) is 7.72. The lowest BCUT2D eigenvalue weighted by Gasteiger charge is -2.09. The molecule has 0 spiro atoms. The van der Waals surface area contributed by atoms with E-state index in [1.54, 1.807) is 12.4 Å². The fraction of sp³-hybridized carbons (Fsp3) is 0.556. The van der Waals surface area contributed by atoms with Crippen LogP contribution in [0.1, 0.15) is 31.1 Å². The van der Waals surface area contributed by atoms with Gasteiger partial charge in [0.15, 0.2) is 0 Å². The quantitative estimate of drug-likeness (QED) is 0.780. The van der Waals surface area contributed by atoms with Gasteiger partial charge in [-0.15, -0.1) is 0 Å². The van der Waals surface area contributed by atoms with E-state index in [9.17, 15) is 9.18 Å². The van der Waals surface area contributed by atoms with E-state index in [4.69, 9.17) is 5.11 Å². The number of carbonyl (C=O) groups is 1. The summed E-state index contributed by atoms with van der Waals surface area (Å²) in [5, 5.41) is 8.58. The van der Waals surface area contributed by atoms with Gasteiger partial charge in [0.05, 0.1) is 5.92 Å². The molecule has 1 aliphatic heterocycles. The number of nitrogens with zero attached hydrogens (tertiary/aromatic N) is 2. The maximum absolute atomic E-state index is 13.3. The summed E-state index contributed by atoms with van der Waals surface area (Å²) in [6.07, 6.45) is 2.00. The Bertz CT molecular complexity index is 363. The molecule has 0 fully saturated rings. The topological polar surface area (TPSA) is 55.1 Å². The maximum Gasteiger partial charge on any atom is 0.339 e. The molecule has 1 N–H and O–H groups in total. The van der Waals surface area contributed by atoms with Crippen LogP contribution < -0.4 is 0 Å². The number of imidazole rings is 1. The summed E-state index contributed by atoms with van der Waals surface area (Å²) in [6.45, 7) is 1.93. The second-order valence-electron chi connectivity index (χ2n) is 3.62. The Morgan fingerprint density at radius 2 is 2.57 bits per heavy atom. The monoisotopic (exact) mass is 198 g/mol. The van der Waals surface area contributed by atoms with Crippen LogP contribution in [0.2, 0.25) is 0 Å². The Labute approximate surface area is 80.4 Å². The molecular formula is C9H11FN2O2. The minimum atomic E-state index is -1.85. The molecule has 0 saturated carbocycles. The van der Waals surface area contributed by atoms with E-state index in [1.165, 1.54) is 0 Å². The molecule has 76 valence electrons. The van der Waals surface area contributed by atoms with Gasteiger partial charge in [-0.25, -0.2) is 14.2 Å². The Hall–Kier alpha value is -1.39. The summed E-state index contributed by atoms with van der Waals surface area (Å²) < 4.78 is 15.1. The highest BCUT2D eigenvalue weighted by Crippen LogP contribution is 2.37. The number of fused-ring (bicyclic) bond motifs is 1. The lowest BCUT2D eigenvalue weighted by Crippen LogP contribution is -2.22. The van der Waals surface area contributed by atoms with E-state index < -0.39 is 18.1 Å². The average molecular weight is 198 g/mol. The fourth-order valence-electron chi connectivity index (χ4n) is 1.99. The third-order valence-electron chi connectivity index (χ3n) is 2.69. The zero-order chi connectivity index (χ0) is 10.3. The number of aromatic nitrogens is 2. The van der Waals surface area contributed by atoms with Gasteiger partial charge in [0.25, 0.3) is 0 Å². The van der Waals surface area contributed by atoms with E-state index in [2.05, 4.69) is 4.98 Å². The number of hydrogen-bond donors (Lipinski definition) is 1. The first-order valence-corrected chi connectivity index (χ1v) is 4.51. The van der Waals surface area contributed by atoms with Gasteiger partial charge < -0.3 is 9.67 Å². The first-order valence-electron chi connectivity index (χ1n) is 4.51. The largest absolute Gasteiger partial charge is 0.479 e. The first-order chi connectivity index (χ1) is 6.61. The van der Waals surface area contributed by atoms with Crippen LogP contribution in [0.25, 0.3) is 0 Å². The predicted molar refractivity (Wildman–Crippen MR) is 46.8 cm³/mol. The summed E-state index contributed by atoms with van der Waals surface area (Å²) in [5.74, 6) is -1.46. The normalized spacial score (nSPS) is 27.3. The van der Waals surface area contributed by atoms with Crippen LogP contribution in [0.4, 0.5) is 4.39 Å². The van der Waals surface area contributed by atoms with Gasteiger partial charge in [-0.1, -0.05) is 0 Å². The Morgan fingerprint density at radius 1 is 1.86 bits per heavy atom. The number of alkyl halides is 1. The van der Waals surface area contributed by atoms with Crippen LogP contribution in [-0.4, -0.2) is 26.8 Å². The summed E-state index contributed by atoms with van der Waals surface area (Å²) in [7, 11) is 0. The second kappa shape index (κ2) is 3.08. The fourth-order valence-corrected chi connectivity index (χ4v) is 1.99. The molecule has 3 unspecified atom stereocenters. The van der Waals surface area contributed by atoms with Crippen molar-refractivity contribution < 1.29 is 14.3 Å². The molecule has 1 aromatic rings. The van der Waals surface area contributed by atoms with Crippen LogP contribution in [0.15, 0.2) is 12.4 Å². The van der Waals surface area contributed by atoms with Gasteiger partial charge in [0.1, 0.15) is 5.82 Å². The van der Waals surface area contributed by atoms with Crippen molar-refractivity contribution in [1.29, 1.82) is 0 Å². The molecule has 0 bridgehead atoms. The summed E-state index contributed by atoms with van der Waals surface area (Å²) >= 11 is 0. The van der Waals surface area contributed by atoms with Gasteiger partial charge in [-0.3, -0.25) is 0 Å². The van der Waals surface area contributed by atoms with E-state index in [0.29, 0.717) is 12.2 Å². The molecule has 3 atom stereocenters. The molecule has 2 heterocycles. The lowest BCUT2D eigenvalue weighted by molar-refractivity contribution is -0.143. The van der Waals surface area contributed by atoms with E-state index >= 15 is 0 Å². The van der Waals surface area contributed by atoms with Crippen molar-refractivity contribution in [2.24, 2.45) is 0 Å². The van der Waals surface area contributed by atoms with Gasteiger partial charge in [0.2, 0.25) is 6.17 Å². The molecule has 4 nitrogen and oxygen atoms in total. The SMILES string of the molecule is CC1CC(C(F)C(=O)O)c2nccn21. The summed E-state index contributed by atoms with van der Waals surface area (Å²) in [4.78, 5) is 14.5. The third-order valence-corrected chi connectivity index (χ3v) is 2.69. The van der Waals surface area contributed by atoms with Crippen molar-refractivity contribution in [2.75, 3.05) is 0 Å². The highest BCUT2D eigenvalue weighted by molar-refractivity contribution is 5.73.